The normalized spacial score (nSPS) is 11.0. The third kappa shape index (κ3) is 4.23. The topological polar surface area (TPSA) is 50.2 Å². The molecule has 1 amide bonds. The summed E-state index contributed by atoms with van der Waals surface area (Å²) in [5.41, 5.74) is 3.62. The van der Waals surface area contributed by atoms with Gasteiger partial charge in [-0.05, 0) is 39.1 Å². The van der Waals surface area contributed by atoms with Crippen LogP contribution in [0.4, 0.5) is 0 Å². The molecule has 2 aromatic rings. The van der Waals surface area contributed by atoms with Gasteiger partial charge < -0.3 is 10.2 Å². The Kier molecular flexibility index (Phi) is 6.55. The van der Waals surface area contributed by atoms with Crippen LogP contribution in [0, 0.1) is 0 Å². The Labute approximate surface area is 144 Å². The molecule has 0 fully saturated rings. The van der Waals surface area contributed by atoms with Gasteiger partial charge in [-0.3, -0.25) is 4.79 Å². The van der Waals surface area contributed by atoms with Crippen molar-refractivity contribution in [3.8, 4) is 5.69 Å². The molecule has 1 heterocycles. The van der Waals surface area contributed by atoms with Crippen LogP contribution in [-0.4, -0.2) is 47.8 Å². The van der Waals surface area contributed by atoms with Gasteiger partial charge >= 0.3 is 0 Å². The van der Waals surface area contributed by atoms with Crippen LogP contribution in [0.1, 0.15) is 42.0 Å². The number of carbonyl (C=O) groups is 1. The summed E-state index contributed by atoms with van der Waals surface area (Å²) in [6, 6.07) is 10.0. The van der Waals surface area contributed by atoms with E-state index in [4.69, 9.17) is 5.10 Å². The van der Waals surface area contributed by atoms with Gasteiger partial charge in [-0.2, -0.15) is 5.10 Å². The quantitative estimate of drug-likeness (QED) is 0.810. The number of hydrogen-bond donors (Lipinski definition) is 1. The average Bonchev–Trinajstić information content (AvgIpc) is 2.94. The molecule has 0 aliphatic rings. The molecule has 1 N–H and O–H groups in total. The summed E-state index contributed by atoms with van der Waals surface area (Å²) in [7, 11) is 4.00. The summed E-state index contributed by atoms with van der Waals surface area (Å²) in [5, 5.41) is 7.79. The fraction of sp³-hybridized carbons (Fsp3) is 0.474. The molecule has 0 aliphatic carbocycles. The van der Waals surface area contributed by atoms with E-state index in [-0.39, 0.29) is 5.91 Å². The van der Waals surface area contributed by atoms with Crippen molar-refractivity contribution in [2.45, 2.75) is 33.1 Å². The number of nitrogens with zero attached hydrogens (tertiary/aromatic N) is 3. The lowest BCUT2D eigenvalue weighted by Gasteiger charge is -2.11. The van der Waals surface area contributed by atoms with Crippen LogP contribution in [0.3, 0.4) is 0 Å². The third-order valence-corrected chi connectivity index (χ3v) is 3.95. The number of amides is 1. The van der Waals surface area contributed by atoms with Crippen molar-refractivity contribution in [1.82, 2.24) is 20.0 Å². The van der Waals surface area contributed by atoms with Crippen molar-refractivity contribution in [1.29, 1.82) is 0 Å². The van der Waals surface area contributed by atoms with Crippen molar-refractivity contribution in [3.05, 3.63) is 47.3 Å². The van der Waals surface area contributed by atoms with Gasteiger partial charge in [0, 0.05) is 13.1 Å². The lowest BCUT2D eigenvalue weighted by molar-refractivity contribution is 0.0949. The van der Waals surface area contributed by atoms with E-state index in [1.807, 2.05) is 49.1 Å². The average molecular weight is 328 g/mol. The van der Waals surface area contributed by atoms with Crippen molar-refractivity contribution in [2.75, 3.05) is 27.2 Å². The molecule has 24 heavy (non-hydrogen) atoms. The van der Waals surface area contributed by atoms with E-state index in [1.54, 1.807) is 0 Å². The molecule has 1 aromatic heterocycles. The Balaban J connectivity index is 2.37. The van der Waals surface area contributed by atoms with Gasteiger partial charge in [0.25, 0.3) is 5.91 Å². The Morgan fingerprint density at radius 3 is 2.50 bits per heavy atom. The van der Waals surface area contributed by atoms with E-state index < -0.39 is 0 Å². The van der Waals surface area contributed by atoms with Crippen molar-refractivity contribution >= 4 is 5.91 Å². The molecule has 0 saturated carbocycles. The summed E-state index contributed by atoms with van der Waals surface area (Å²) in [4.78, 5) is 14.8. The highest BCUT2D eigenvalue weighted by atomic mass is 16.1. The van der Waals surface area contributed by atoms with Crippen molar-refractivity contribution in [2.24, 2.45) is 0 Å². The predicted octanol–water partition coefficient (Wildman–Crippen LogP) is 2.68. The standard InChI is InChI=1S/C19H28N4O/c1-5-10-16-18(19(24)20-13-14-22(3)4)17(6-2)23(21-16)15-11-8-7-9-12-15/h7-9,11-12H,5-6,10,13-14H2,1-4H3,(H,20,24). The molecule has 5 nitrogen and oxygen atoms in total. The summed E-state index contributed by atoms with van der Waals surface area (Å²) in [5.74, 6) is -0.0145. The minimum atomic E-state index is -0.0145. The first-order chi connectivity index (χ1) is 11.6. The zero-order chi connectivity index (χ0) is 17.5. The SMILES string of the molecule is CCCc1nn(-c2ccccc2)c(CC)c1C(=O)NCCN(C)C. The number of hydrogen-bond acceptors (Lipinski definition) is 3. The second-order valence-electron chi connectivity index (χ2n) is 6.18. The monoisotopic (exact) mass is 328 g/mol. The van der Waals surface area contributed by atoms with Crippen LogP contribution in [0.25, 0.3) is 5.69 Å². The minimum absolute atomic E-state index is 0.0145. The zero-order valence-electron chi connectivity index (χ0n) is 15.2. The summed E-state index contributed by atoms with van der Waals surface area (Å²) >= 11 is 0. The van der Waals surface area contributed by atoms with Crippen LogP contribution in [0.2, 0.25) is 0 Å². The van der Waals surface area contributed by atoms with Crippen LogP contribution < -0.4 is 5.32 Å². The molecule has 2 rings (SSSR count). The first-order valence-electron chi connectivity index (χ1n) is 8.67. The Morgan fingerprint density at radius 1 is 1.21 bits per heavy atom. The van der Waals surface area contributed by atoms with Crippen LogP contribution in [0.15, 0.2) is 30.3 Å². The maximum atomic E-state index is 12.8. The molecule has 0 saturated heterocycles. The second kappa shape index (κ2) is 8.64. The summed E-state index contributed by atoms with van der Waals surface area (Å²) < 4.78 is 1.92. The Morgan fingerprint density at radius 2 is 1.92 bits per heavy atom. The lowest BCUT2D eigenvalue weighted by atomic mass is 10.1. The number of likely N-dealkylation sites (N-methyl/N-ethyl adjacent to an activating group) is 1. The van der Waals surface area contributed by atoms with Crippen LogP contribution >= 0.6 is 0 Å². The van der Waals surface area contributed by atoms with Gasteiger partial charge in [0.15, 0.2) is 0 Å². The highest BCUT2D eigenvalue weighted by molar-refractivity contribution is 5.96. The predicted molar refractivity (Wildman–Crippen MR) is 97.8 cm³/mol. The van der Waals surface area contributed by atoms with E-state index in [2.05, 4.69) is 24.1 Å². The number of aryl methyl sites for hydroxylation is 1. The molecule has 0 radical (unpaired) electrons. The van der Waals surface area contributed by atoms with Gasteiger partial charge in [0.05, 0.1) is 22.6 Å². The van der Waals surface area contributed by atoms with E-state index in [1.165, 1.54) is 0 Å². The fourth-order valence-electron chi connectivity index (χ4n) is 2.77. The molecule has 0 spiro atoms. The molecule has 5 heteroatoms. The number of carbonyl (C=O) groups excluding carboxylic acids is 1. The Bertz CT molecular complexity index is 662. The minimum Gasteiger partial charge on any atom is -0.351 e. The highest BCUT2D eigenvalue weighted by Gasteiger charge is 2.22. The molecule has 0 atom stereocenters. The second-order valence-corrected chi connectivity index (χ2v) is 6.18. The maximum Gasteiger partial charge on any atom is 0.255 e. The molecule has 0 unspecified atom stereocenters. The van der Waals surface area contributed by atoms with Crippen LogP contribution in [-0.2, 0) is 12.8 Å². The largest absolute Gasteiger partial charge is 0.351 e. The molecule has 1 aromatic carbocycles. The smallest absolute Gasteiger partial charge is 0.255 e. The summed E-state index contributed by atoms with van der Waals surface area (Å²) in [6.07, 6.45) is 2.54. The van der Waals surface area contributed by atoms with Crippen LogP contribution in [0.5, 0.6) is 0 Å². The van der Waals surface area contributed by atoms with E-state index >= 15 is 0 Å². The third-order valence-electron chi connectivity index (χ3n) is 3.95. The maximum absolute atomic E-state index is 12.8. The van der Waals surface area contributed by atoms with Gasteiger partial charge in [0.1, 0.15) is 0 Å². The van der Waals surface area contributed by atoms with E-state index in [9.17, 15) is 4.79 Å². The number of rotatable bonds is 8. The lowest BCUT2D eigenvalue weighted by Crippen LogP contribution is -2.32. The number of para-hydroxylation sites is 1. The molecular weight excluding hydrogens is 300 g/mol. The highest BCUT2D eigenvalue weighted by Crippen LogP contribution is 2.21. The fourth-order valence-corrected chi connectivity index (χ4v) is 2.77. The first kappa shape index (κ1) is 18.2. The number of benzene rings is 1. The first-order valence-corrected chi connectivity index (χ1v) is 8.67. The summed E-state index contributed by atoms with van der Waals surface area (Å²) in [6.45, 7) is 5.64. The van der Waals surface area contributed by atoms with Crippen molar-refractivity contribution < 1.29 is 4.79 Å². The van der Waals surface area contributed by atoms with Gasteiger partial charge in [0.2, 0.25) is 0 Å². The molecule has 130 valence electrons. The molecule has 0 aliphatic heterocycles. The zero-order valence-corrected chi connectivity index (χ0v) is 15.2. The number of aromatic nitrogens is 2. The van der Waals surface area contributed by atoms with Gasteiger partial charge in [-0.1, -0.05) is 38.5 Å². The van der Waals surface area contributed by atoms with E-state index in [0.29, 0.717) is 6.54 Å². The van der Waals surface area contributed by atoms with Crippen molar-refractivity contribution in [3.63, 3.8) is 0 Å². The molecule has 0 bridgehead atoms. The van der Waals surface area contributed by atoms with E-state index in [0.717, 1.165) is 48.4 Å². The number of nitrogens with one attached hydrogen (secondary N) is 1. The Hall–Kier alpha value is -2.14. The van der Waals surface area contributed by atoms with Gasteiger partial charge in [-0.15, -0.1) is 0 Å². The van der Waals surface area contributed by atoms with Gasteiger partial charge in [-0.25, -0.2) is 4.68 Å². The molecular formula is C19H28N4O.